The van der Waals surface area contributed by atoms with Crippen LogP contribution in [0.2, 0.25) is 0 Å². The highest BCUT2D eigenvalue weighted by atomic mass is 32.2. The molecule has 182 valence electrons. The van der Waals surface area contributed by atoms with Gasteiger partial charge in [-0.2, -0.15) is 0 Å². The number of aromatic hydroxyl groups is 1. The lowest BCUT2D eigenvalue weighted by atomic mass is 10.0. The fourth-order valence-electron chi connectivity index (χ4n) is 3.85. The van der Waals surface area contributed by atoms with Gasteiger partial charge < -0.3 is 19.5 Å². The van der Waals surface area contributed by atoms with Crippen molar-refractivity contribution in [2.24, 2.45) is 0 Å². The predicted molar refractivity (Wildman–Crippen MR) is 129 cm³/mol. The molecule has 0 saturated carbocycles. The molecule has 1 aliphatic heterocycles. The normalized spacial score (nSPS) is 13.0. The zero-order chi connectivity index (χ0) is 25.0. The molecule has 0 atom stereocenters. The molecule has 35 heavy (non-hydrogen) atoms. The van der Waals surface area contributed by atoms with E-state index in [1.165, 1.54) is 13.2 Å². The van der Waals surface area contributed by atoms with Gasteiger partial charge in [0.1, 0.15) is 17.1 Å². The van der Waals surface area contributed by atoms with E-state index in [1.807, 2.05) is 24.3 Å². The minimum absolute atomic E-state index is 0.208. The molecule has 0 fully saturated rings. The molecule has 2 N–H and O–H groups in total. The van der Waals surface area contributed by atoms with Gasteiger partial charge in [0.2, 0.25) is 0 Å². The summed E-state index contributed by atoms with van der Waals surface area (Å²) in [5.74, 6) is -1.59. The van der Waals surface area contributed by atoms with E-state index in [-0.39, 0.29) is 16.1 Å². The molecule has 3 aromatic rings. The number of rotatable bonds is 7. The molecular weight excluding hydrogens is 472 g/mol. The van der Waals surface area contributed by atoms with Crippen LogP contribution in [0.3, 0.4) is 0 Å². The Morgan fingerprint density at radius 3 is 2.60 bits per heavy atom. The number of anilines is 2. The van der Waals surface area contributed by atoms with Crippen LogP contribution >= 0.6 is 0 Å². The van der Waals surface area contributed by atoms with Crippen molar-refractivity contribution < 1.29 is 32.6 Å². The number of para-hydroxylation sites is 3. The third kappa shape index (κ3) is 5.22. The van der Waals surface area contributed by atoms with Crippen molar-refractivity contribution in [1.82, 2.24) is 0 Å². The molecule has 3 aromatic carbocycles. The molecule has 1 heterocycles. The second kappa shape index (κ2) is 10.1. The summed E-state index contributed by atoms with van der Waals surface area (Å²) in [6, 6.07) is 17.2. The lowest BCUT2D eigenvalue weighted by Crippen LogP contribution is -2.38. The molecule has 0 bridgehead atoms. The molecule has 9 nitrogen and oxygen atoms in total. The molecule has 0 aliphatic carbocycles. The lowest BCUT2D eigenvalue weighted by Gasteiger charge is -2.29. The van der Waals surface area contributed by atoms with Gasteiger partial charge in [-0.25, -0.2) is 13.2 Å². The Kier molecular flexibility index (Phi) is 6.92. The topological polar surface area (TPSA) is 122 Å². The van der Waals surface area contributed by atoms with E-state index in [9.17, 15) is 23.1 Å². The van der Waals surface area contributed by atoms with Gasteiger partial charge in [-0.1, -0.05) is 30.3 Å². The van der Waals surface area contributed by atoms with Crippen molar-refractivity contribution in [3.8, 4) is 11.5 Å². The number of carbonyl (C=O) groups excluding carboxylic acids is 2. The van der Waals surface area contributed by atoms with Crippen LogP contribution in [0.5, 0.6) is 11.5 Å². The van der Waals surface area contributed by atoms with Crippen LogP contribution in [0, 0.1) is 0 Å². The first-order valence-corrected chi connectivity index (χ1v) is 12.3. The molecule has 1 amide bonds. The summed E-state index contributed by atoms with van der Waals surface area (Å²) in [6.45, 7) is -0.0515. The van der Waals surface area contributed by atoms with E-state index in [4.69, 9.17) is 9.47 Å². The van der Waals surface area contributed by atoms with Gasteiger partial charge in [0.25, 0.3) is 15.9 Å². The molecule has 0 aromatic heterocycles. The molecular formula is C25H24N2O7S. The number of nitrogens with zero attached hydrogens (tertiary/aromatic N) is 1. The van der Waals surface area contributed by atoms with Crippen molar-refractivity contribution in [1.29, 1.82) is 0 Å². The second-order valence-electron chi connectivity index (χ2n) is 7.84. The van der Waals surface area contributed by atoms with E-state index >= 15 is 0 Å². The van der Waals surface area contributed by atoms with Crippen LogP contribution in [0.25, 0.3) is 0 Å². The van der Waals surface area contributed by atoms with Crippen LogP contribution < -0.4 is 14.4 Å². The number of methoxy groups -OCH3 is 1. The summed E-state index contributed by atoms with van der Waals surface area (Å²) < 4.78 is 38.5. The lowest BCUT2D eigenvalue weighted by molar-refractivity contribution is -0.121. The number of sulfonamides is 1. The monoisotopic (exact) mass is 496 g/mol. The first-order valence-electron chi connectivity index (χ1n) is 10.8. The SMILES string of the molecule is COc1ccccc1NS(=O)(=O)c1ccc(O)c(C(=O)OCC(=O)N2CCCc3ccccc32)c1. The van der Waals surface area contributed by atoms with E-state index in [0.29, 0.717) is 12.3 Å². The Morgan fingerprint density at radius 1 is 1.06 bits per heavy atom. The van der Waals surface area contributed by atoms with Gasteiger partial charge in [0.15, 0.2) is 6.61 Å². The highest BCUT2D eigenvalue weighted by Crippen LogP contribution is 2.29. The van der Waals surface area contributed by atoms with Crippen molar-refractivity contribution >= 4 is 33.3 Å². The van der Waals surface area contributed by atoms with Crippen molar-refractivity contribution in [3.05, 3.63) is 77.9 Å². The minimum Gasteiger partial charge on any atom is -0.507 e. The number of phenolic OH excluding ortho intramolecular Hbond substituents is 1. The van der Waals surface area contributed by atoms with Gasteiger partial charge in [-0.15, -0.1) is 0 Å². The molecule has 0 unspecified atom stereocenters. The van der Waals surface area contributed by atoms with Crippen LogP contribution in [0.15, 0.2) is 71.6 Å². The summed E-state index contributed by atoms with van der Waals surface area (Å²) in [5, 5.41) is 10.2. The Hall–Kier alpha value is -4.05. The summed E-state index contributed by atoms with van der Waals surface area (Å²) in [6.07, 6.45) is 1.65. The molecule has 10 heteroatoms. The number of aryl methyl sites for hydroxylation is 1. The highest BCUT2D eigenvalue weighted by Gasteiger charge is 2.25. The van der Waals surface area contributed by atoms with Gasteiger partial charge in [-0.05, 0) is 54.8 Å². The molecule has 0 radical (unpaired) electrons. The predicted octanol–water partition coefficient (Wildman–Crippen LogP) is 3.34. The molecule has 1 aliphatic rings. The van der Waals surface area contributed by atoms with E-state index in [1.54, 1.807) is 23.1 Å². The van der Waals surface area contributed by atoms with Gasteiger partial charge in [-0.3, -0.25) is 9.52 Å². The maximum atomic E-state index is 12.9. The summed E-state index contributed by atoms with van der Waals surface area (Å²) >= 11 is 0. The van der Waals surface area contributed by atoms with Gasteiger partial charge in [0.05, 0.1) is 17.7 Å². The van der Waals surface area contributed by atoms with Crippen LogP contribution in [0.4, 0.5) is 11.4 Å². The van der Waals surface area contributed by atoms with Crippen molar-refractivity contribution in [2.75, 3.05) is 29.9 Å². The Bertz CT molecular complexity index is 1370. The van der Waals surface area contributed by atoms with Crippen molar-refractivity contribution in [2.45, 2.75) is 17.7 Å². The smallest absolute Gasteiger partial charge is 0.342 e. The Morgan fingerprint density at radius 2 is 1.80 bits per heavy atom. The van der Waals surface area contributed by atoms with Crippen LogP contribution in [-0.2, 0) is 26.0 Å². The molecule has 0 spiro atoms. The first-order chi connectivity index (χ1) is 16.8. The summed E-state index contributed by atoms with van der Waals surface area (Å²) in [5.41, 5.74) is 1.65. The third-order valence-electron chi connectivity index (χ3n) is 5.59. The zero-order valence-electron chi connectivity index (χ0n) is 18.9. The molecule has 0 saturated heterocycles. The van der Waals surface area contributed by atoms with E-state index in [0.717, 1.165) is 42.3 Å². The van der Waals surface area contributed by atoms with Crippen LogP contribution in [0.1, 0.15) is 22.3 Å². The average Bonchev–Trinajstić information content (AvgIpc) is 2.87. The number of amides is 1. The van der Waals surface area contributed by atoms with E-state index in [2.05, 4.69) is 4.72 Å². The quantitative estimate of drug-likeness (QED) is 0.481. The standard InChI is InChI=1S/C25H24N2O7S/c1-33-23-11-5-3-9-20(23)26-35(31,32)18-12-13-22(28)19(15-18)25(30)34-16-24(29)27-14-6-8-17-7-2-4-10-21(17)27/h2-5,7,9-13,15,26,28H,6,8,14,16H2,1H3. The Balaban J connectivity index is 1.49. The number of fused-ring (bicyclic) bond motifs is 1. The maximum absolute atomic E-state index is 12.9. The fraction of sp³-hybridized carbons (Fsp3) is 0.200. The highest BCUT2D eigenvalue weighted by molar-refractivity contribution is 7.92. The third-order valence-corrected chi connectivity index (χ3v) is 6.95. The largest absolute Gasteiger partial charge is 0.507 e. The zero-order valence-corrected chi connectivity index (χ0v) is 19.7. The average molecular weight is 497 g/mol. The maximum Gasteiger partial charge on any atom is 0.342 e. The number of esters is 1. The van der Waals surface area contributed by atoms with Gasteiger partial charge in [0, 0.05) is 12.2 Å². The Labute approximate surface area is 203 Å². The summed E-state index contributed by atoms with van der Waals surface area (Å²) in [7, 11) is -2.72. The number of ether oxygens (including phenoxy) is 2. The van der Waals surface area contributed by atoms with Crippen LogP contribution in [-0.4, -0.2) is 45.7 Å². The van der Waals surface area contributed by atoms with Gasteiger partial charge >= 0.3 is 5.97 Å². The van der Waals surface area contributed by atoms with E-state index < -0.39 is 34.3 Å². The number of carbonyl (C=O) groups is 2. The summed E-state index contributed by atoms with van der Waals surface area (Å²) in [4.78, 5) is 26.7. The molecule has 4 rings (SSSR count). The first kappa shape index (κ1) is 24.1. The minimum atomic E-state index is -4.12. The number of hydrogen-bond donors (Lipinski definition) is 2. The number of hydrogen-bond acceptors (Lipinski definition) is 7. The fourth-order valence-corrected chi connectivity index (χ4v) is 4.95. The number of nitrogens with one attached hydrogen (secondary N) is 1. The number of benzene rings is 3. The van der Waals surface area contributed by atoms with Crippen molar-refractivity contribution in [3.63, 3.8) is 0 Å². The second-order valence-corrected chi connectivity index (χ2v) is 9.52. The number of phenols is 1.